The first-order chi connectivity index (χ1) is 15.7. The Kier molecular flexibility index (Phi) is 5.52. The number of carboxylic acid groups (broad SMARTS) is 1. The monoisotopic (exact) mass is 472 g/mol. The van der Waals surface area contributed by atoms with Crippen molar-refractivity contribution in [2.75, 3.05) is 0 Å². The predicted octanol–water partition coefficient (Wildman–Crippen LogP) is 6.20. The largest absolute Gasteiger partial charge is 0.481 e. The van der Waals surface area contributed by atoms with Gasteiger partial charge in [0, 0.05) is 0 Å². The van der Waals surface area contributed by atoms with Crippen molar-refractivity contribution in [2.24, 2.45) is 50.7 Å². The smallest absolute Gasteiger partial charge is 0.312 e. The molecule has 0 aromatic heterocycles. The molecule has 0 radical (unpaired) electrons. The van der Waals surface area contributed by atoms with Gasteiger partial charge in [-0.1, -0.05) is 46.3 Å². The van der Waals surface area contributed by atoms with Crippen molar-refractivity contribution in [1.29, 1.82) is 0 Å². The Morgan fingerprint density at radius 1 is 0.794 bits per heavy atom. The van der Waals surface area contributed by atoms with Gasteiger partial charge in [0.05, 0.1) is 17.6 Å². The SMILES string of the molecule is CC1(C)[C@H](O)CC[C@]2(C)[C@H]3CC[C@@H]4[C@@](C)(CC[C@H]5[C@]4(C)CC[C@@H](O)[C@]5(C)C(=O)O)CC3=CC[C@@H]12. The lowest BCUT2D eigenvalue weighted by molar-refractivity contribution is -0.199. The third-order valence-electron chi connectivity index (χ3n) is 13.0. The second kappa shape index (κ2) is 7.57. The Labute approximate surface area is 206 Å². The van der Waals surface area contributed by atoms with Crippen molar-refractivity contribution in [3.63, 3.8) is 0 Å². The molecule has 0 aromatic carbocycles. The van der Waals surface area contributed by atoms with E-state index in [9.17, 15) is 20.1 Å². The molecule has 0 aromatic rings. The van der Waals surface area contributed by atoms with Gasteiger partial charge >= 0.3 is 5.97 Å². The number of carboxylic acids is 1. The fraction of sp³-hybridized carbons (Fsp3) is 0.900. The van der Waals surface area contributed by atoms with E-state index in [0.29, 0.717) is 24.2 Å². The molecule has 34 heavy (non-hydrogen) atoms. The van der Waals surface area contributed by atoms with Crippen molar-refractivity contribution in [3.05, 3.63) is 11.6 Å². The van der Waals surface area contributed by atoms with E-state index in [1.54, 1.807) is 5.57 Å². The van der Waals surface area contributed by atoms with Gasteiger partial charge in [-0.2, -0.15) is 0 Å². The summed E-state index contributed by atoms with van der Waals surface area (Å²) in [5.41, 5.74) is 0.936. The van der Waals surface area contributed by atoms with Crippen molar-refractivity contribution in [3.8, 4) is 0 Å². The topological polar surface area (TPSA) is 77.8 Å². The molecule has 5 aliphatic carbocycles. The molecule has 0 saturated heterocycles. The van der Waals surface area contributed by atoms with E-state index >= 15 is 0 Å². The van der Waals surface area contributed by atoms with E-state index in [1.165, 1.54) is 6.42 Å². The van der Waals surface area contributed by atoms with Crippen LogP contribution in [0.5, 0.6) is 0 Å². The van der Waals surface area contributed by atoms with E-state index in [4.69, 9.17) is 0 Å². The summed E-state index contributed by atoms with van der Waals surface area (Å²) in [6.07, 6.45) is 11.7. The van der Waals surface area contributed by atoms with Crippen molar-refractivity contribution >= 4 is 5.97 Å². The lowest BCUT2D eigenvalue weighted by Gasteiger charge is -2.63. The second-order valence-corrected chi connectivity index (χ2v) is 14.7. The Balaban J connectivity index is 1.51. The molecule has 5 rings (SSSR count). The Morgan fingerprint density at radius 2 is 1.44 bits per heavy atom. The van der Waals surface area contributed by atoms with Crippen molar-refractivity contribution < 1.29 is 20.1 Å². The van der Waals surface area contributed by atoms with Crippen LogP contribution in [0, 0.1) is 50.7 Å². The highest BCUT2D eigenvalue weighted by molar-refractivity contribution is 5.76. The van der Waals surface area contributed by atoms with Crippen LogP contribution in [0.25, 0.3) is 0 Å². The van der Waals surface area contributed by atoms with Gasteiger partial charge in [0.2, 0.25) is 0 Å². The number of hydrogen-bond acceptors (Lipinski definition) is 3. The van der Waals surface area contributed by atoms with Gasteiger partial charge < -0.3 is 15.3 Å². The molecule has 5 aliphatic rings. The quantitative estimate of drug-likeness (QED) is 0.397. The minimum Gasteiger partial charge on any atom is -0.481 e. The molecule has 0 aliphatic heterocycles. The molecule has 0 heterocycles. The standard InChI is InChI=1S/C30H48O4/c1-26(2)20-9-7-18-17-27(3)14-11-22-29(5,16-13-24(32)30(22,6)25(33)34)21(27)10-8-19(18)28(20,4)15-12-23(26)31/h7,19-24,31-32H,8-17H2,1-6H3,(H,33,34)/t19-,20-,21+,22-,23+,24+,27-,28+,29+,30+/m0/s1. The minimum absolute atomic E-state index is 0.0283. The number of fused-ring (bicyclic) bond motifs is 6. The van der Waals surface area contributed by atoms with Crippen LogP contribution in [0.15, 0.2) is 11.6 Å². The zero-order valence-electron chi connectivity index (χ0n) is 22.4. The summed E-state index contributed by atoms with van der Waals surface area (Å²) in [7, 11) is 0. The number of allylic oxidation sites excluding steroid dienone is 2. The summed E-state index contributed by atoms with van der Waals surface area (Å²) in [5, 5.41) is 32.0. The van der Waals surface area contributed by atoms with E-state index in [2.05, 4.69) is 40.7 Å². The molecular formula is C30H48O4. The summed E-state index contributed by atoms with van der Waals surface area (Å²) < 4.78 is 0. The molecule has 4 nitrogen and oxygen atoms in total. The number of rotatable bonds is 1. The highest BCUT2D eigenvalue weighted by Gasteiger charge is 2.65. The fourth-order valence-corrected chi connectivity index (χ4v) is 10.9. The third kappa shape index (κ3) is 3.06. The molecule has 10 atom stereocenters. The zero-order valence-corrected chi connectivity index (χ0v) is 22.4. The maximum Gasteiger partial charge on any atom is 0.312 e. The minimum atomic E-state index is -1.05. The average Bonchev–Trinajstić information content (AvgIpc) is 2.91. The van der Waals surface area contributed by atoms with Gasteiger partial charge in [0.25, 0.3) is 0 Å². The van der Waals surface area contributed by atoms with Crippen LogP contribution in [-0.4, -0.2) is 33.5 Å². The zero-order chi connectivity index (χ0) is 24.9. The number of hydrogen-bond donors (Lipinski definition) is 3. The van der Waals surface area contributed by atoms with Gasteiger partial charge in [0.1, 0.15) is 0 Å². The average molecular weight is 473 g/mol. The first-order valence-electron chi connectivity index (χ1n) is 14.0. The number of aliphatic carboxylic acids is 1. The molecule has 3 N–H and O–H groups in total. The predicted molar refractivity (Wildman–Crippen MR) is 134 cm³/mol. The molecular weight excluding hydrogens is 424 g/mol. The maximum atomic E-state index is 12.5. The number of aliphatic hydroxyl groups excluding tert-OH is 2. The molecule has 0 unspecified atom stereocenters. The molecule has 4 saturated carbocycles. The molecule has 4 heteroatoms. The van der Waals surface area contributed by atoms with Crippen molar-refractivity contribution in [1.82, 2.24) is 0 Å². The number of carbonyl (C=O) groups is 1. The van der Waals surface area contributed by atoms with E-state index in [0.717, 1.165) is 51.4 Å². The molecule has 0 amide bonds. The van der Waals surface area contributed by atoms with Gasteiger partial charge in [-0.05, 0) is 116 Å². The first-order valence-corrected chi connectivity index (χ1v) is 14.0. The molecule has 0 spiro atoms. The van der Waals surface area contributed by atoms with Crippen LogP contribution in [0.4, 0.5) is 0 Å². The lowest BCUT2D eigenvalue weighted by atomic mass is 9.41. The Bertz CT molecular complexity index is 892. The van der Waals surface area contributed by atoms with Crippen LogP contribution >= 0.6 is 0 Å². The fourth-order valence-electron chi connectivity index (χ4n) is 10.9. The summed E-state index contributed by atoms with van der Waals surface area (Å²) in [6.45, 7) is 13.8. The normalized spacial score (nSPS) is 54.4. The van der Waals surface area contributed by atoms with Gasteiger partial charge in [0.15, 0.2) is 0 Å². The van der Waals surface area contributed by atoms with Crippen LogP contribution < -0.4 is 0 Å². The van der Waals surface area contributed by atoms with Crippen LogP contribution in [0.2, 0.25) is 0 Å². The third-order valence-corrected chi connectivity index (χ3v) is 13.0. The van der Waals surface area contributed by atoms with E-state index < -0.39 is 17.5 Å². The summed E-state index contributed by atoms with van der Waals surface area (Å²) in [4.78, 5) is 12.5. The highest BCUT2D eigenvalue weighted by atomic mass is 16.4. The molecule has 192 valence electrons. The summed E-state index contributed by atoms with van der Waals surface area (Å²) >= 11 is 0. The van der Waals surface area contributed by atoms with E-state index in [1.807, 2.05) is 6.92 Å². The lowest BCUT2D eigenvalue weighted by Crippen LogP contribution is -2.61. The number of aliphatic hydroxyl groups is 2. The van der Waals surface area contributed by atoms with E-state index in [-0.39, 0.29) is 33.7 Å². The molecule has 4 fully saturated rings. The summed E-state index contributed by atoms with van der Waals surface area (Å²) in [6, 6.07) is 0. The second-order valence-electron chi connectivity index (χ2n) is 14.7. The van der Waals surface area contributed by atoms with Crippen molar-refractivity contribution in [2.45, 2.75) is 118 Å². The molecule has 0 bridgehead atoms. The van der Waals surface area contributed by atoms with Crippen LogP contribution in [0.1, 0.15) is 106 Å². The Morgan fingerprint density at radius 3 is 2.12 bits per heavy atom. The summed E-state index contributed by atoms with van der Waals surface area (Å²) in [5.74, 6) is 0.778. The highest BCUT2D eigenvalue weighted by Crippen LogP contribution is 2.70. The Hall–Kier alpha value is -0.870. The van der Waals surface area contributed by atoms with Crippen LogP contribution in [-0.2, 0) is 4.79 Å². The van der Waals surface area contributed by atoms with Gasteiger partial charge in [-0.15, -0.1) is 0 Å². The van der Waals surface area contributed by atoms with Gasteiger partial charge in [-0.25, -0.2) is 0 Å². The van der Waals surface area contributed by atoms with Crippen LogP contribution in [0.3, 0.4) is 0 Å². The maximum absolute atomic E-state index is 12.5. The first kappa shape index (κ1) is 24.8. The van der Waals surface area contributed by atoms with Gasteiger partial charge in [-0.3, -0.25) is 4.79 Å².